The van der Waals surface area contributed by atoms with Gasteiger partial charge in [-0.05, 0) is 36.6 Å². The van der Waals surface area contributed by atoms with E-state index in [4.69, 9.17) is 4.74 Å². The maximum absolute atomic E-state index is 9.25. The number of aryl methyl sites for hydroxylation is 1. The van der Waals surface area contributed by atoms with Gasteiger partial charge in [0, 0.05) is 12.6 Å². The standard InChI is InChI=1S/C16H19N3O/c1-10(2)13-8-12(6-7-15(13)20-5)16-14(9-17)18-11(3)19(16)4/h6-8,10H,1-5H3. The lowest BCUT2D eigenvalue weighted by atomic mass is 9.98. The van der Waals surface area contributed by atoms with E-state index in [2.05, 4.69) is 31.0 Å². The number of rotatable bonds is 3. The summed E-state index contributed by atoms with van der Waals surface area (Å²) in [6.45, 7) is 6.15. The molecule has 4 nitrogen and oxygen atoms in total. The molecule has 1 aromatic heterocycles. The SMILES string of the molecule is COc1ccc(-c2c(C#N)nc(C)n2C)cc1C(C)C. The first-order chi connectivity index (χ1) is 9.49. The highest BCUT2D eigenvalue weighted by Crippen LogP contribution is 2.32. The van der Waals surface area contributed by atoms with Crippen molar-refractivity contribution < 1.29 is 4.74 Å². The minimum absolute atomic E-state index is 0.352. The molecule has 20 heavy (non-hydrogen) atoms. The summed E-state index contributed by atoms with van der Waals surface area (Å²) in [5, 5.41) is 9.25. The molecule has 0 aliphatic carbocycles. The summed E-state index contributed by atoms with van der Waals surface area (Å²) >= 11 is 0. The number of hydrogen-bond donors (Lipinski definition) is 0. The van der Waals surface area contributed by atoms with Crippen LogP contribution in [0.25, 0.3) is 11.3 Å². The van der Waals surface area contributed by atoms with Crippen molar-refractivity contribution in [1.29, 1.82) is 5.26 Å². The van der Waals surface area contributed by atoms with Crippen molar-refractivity contribution in [2.45, 2.75) is 26.7 Å². The predicted octanol–water partition coefficient (Wildman–Crippen LogP) is 3.40. The smallest absolute Gasteiger partial charge is 0.166 e. The summed E-state index contributed by atoms with van der Waals surface area (Å²) in [5.41, 5.74) is 3.45. The molecule has 1 aromatic carbocycles. The largest absolute Gasteiger partial charge is 0.496 e. The van der Waals surface area contributed by atoms with E-state index in [9.17, 15) is 5.26 Å². The van der Waals surface area contributed by atoms with Gasteiger partial charge < -0.3 is 9.30 Å². The van der Waals surface area contributed by atoms with E-state index in [1.54, 1.807) is 7.11 Å². The minimum atomic E-state index is 0.352. The molecule has 0 radical (unpaired) electrons. The van der Waals surface area contributed by atoms with Crippen LogP contribution in [0.5, 0.6) is 5.75 Å². The number of benzene rings is 1. The average molecular weight is 269 g/mol. The van der Waals surface area contributed by atoms with Gasteiger partial charge in [0.05, 0.1) is 12.8 Å². The van der Waals surface area contributed by atoms with Gasteiger partial charge in [-0.2, -0.15) is 5.26 Å². The molecule has 0 fully saturated rings. The van der Waals surface area contributed by atoms with Crippen LogP contribution in [-0.2, 0) is 7.05 Å². The molecule has 0 atom stereocenters. The molecule has 4 heteroatoms. The molecule has 2 rings (SSSR count). The predicted molar refractivity (Wildman–Crippen MR) is 78.7 cm³/mol. The minimum Gasteiger partial charge on any atom is -0.496 e. The van der Waals surface area contributed by atoms with E-state index < -0.39 is 0 Å². The van der Waals surface area contributed by atoms with Crippen molar-refractivity contribution in [3.63, 3.8) is 0 Å². The number of aromatic nitrogens is 2. The maximum atomic E-state index is 9.25. The van der Waals surface area contributed by atoms with Gasteiger partial charge in [-0.25, -0.2) is 4.98 Å². The summed E-state index contributed by atoms with van der Waals surface area (Å²) in [4.78, 5) is 4.29. The Hall–Kier alpha value is -2.28. The molecule has 0 N–H and O–H groups in total. The van der Waals surface area contributed by atoms with Crippen molar-refractivity contribution in [1.82, 2.24) is 9.55 Å². The first-order valence-electron chi connectivity index (χ1n) is 6.61. The third-order valence-electron chi connectivity index (χ3n) is 3.55. The normalized spacial score (nSPS) is 10.7. The Labute approximate surface area is 119 Å². The number of methoxy groups -OCH3 is 1. The maximum Gasteiger partial charge on any atom is 0.166 e. The van der Waals surface area contributed by atoms with E-state index >= 15 is 0 Å². The quantitative estimate of drug-likeness (QED) is 0.858. The van der Waals surface area contributed by atoms with Gasteiger partial charge in [-0.1, -0.05) is 13.8 Å². The lowest BCUT2D eigenvalue weighted by molar-refractivity contribution is 0.407. The Bertz CT molecular complexity index is 678. The Morgan fingerprint density at radius 3 is 2.60 bits per heavy atom. The number of nitrogens with zero attached hydrogens (tertiary/aromatic N) is 3. The fourth-order valence-electron chi connectivity index (χ4n) is 2.35. The van der Waals surface area contributed by atoms with Crippen LogP contribution in [0.15, 0.2) is 18.2 Å². The fraction of sp³-hybridized carbons (Fsp3) is 0.375. The third-order valence-corrected chi connectivity index (χ3v) is 3.55. The van der Waals surface area contributed by atoms with Crippen molar-refractivity contribution in [2.24, 2.45) is 7.05 Å². The molecule has 0 saturated carbocycles. The van der Waals surface area contributed by atoms with Crippen LogP contribution in [-0.4, -0.2) is 16.7 Å². The number of ether oxygens (including phenoxy) is 1. The zero-order valence-electron chi connectivity index (χ0n) is 12.6. The van der Waals surface area contributed by atoms with Crippen LogP contribution in [0.2, 0.25) is 0 Å². The molecule has 104 valence electrons. The first-order valence-corrected chi connectivity index (χ1v) is 6.61. The molecular formula is C16H19N3O. The van der Waals surface area contributed by atoms with Gasteiger partial charge in [-0.15, -0.1) is 0 Å². The molecule has 0 bridgehead atoms. The Kier molecular flexibility index (Phi) is 3.80. The number of hydrogen-bond acceptors (Lipinski definition) is 3. The second kappa shape index (κ2) is 5.38. The van der Waals surface area contributed by atoms with Crippen molar-refractivity contribution in [2.75, 3.05) is 7.11 Å². The van der Waals surface area contributed by atoms with Crippen LogP contribution >= 0.6 is 0 Å². The van der Waals surface area contributed by atoms with Crippen LogP contribution in [0.4, 0.5) is 0 Å². The molecule has 2 aromatic rings. The lowest BCUT2D eigenvalue weighted by Gasteiger charge is -2.14. The zero-order chi connectivity index (χ0) is 14.9. The van der Waals surface area contributed by atoms with Gasteiger partial charge in [0.1, 0.15) is 17.6 Å². The lowest BCUT2D eigenvalue weighted by Crippen LogP contribution is -1.98. The first kappa shape index (κ1) is 14.1. The average Bonchev–Trinajstić information content (AvgIpc) is 2.73. The monoisotopic (exact) mass is 269 g/mol. The summed E-state index contributed by atoms with van der Waals surface area (Å²) in [6, 6.07) is 8.18. The van der Waals surface area contributed by atoms with E-state index in [1.807, 2.05) is 30.7 Å². The van der Waals surface area contributed by atoms with E-state index in [1.165, 1.54) is 0 Å². The fourth-order valence-corrected chi connectivity index (χ4v) is 2.35. The van der Waals surface area contributed by atoms with E-state index in [0.29, 0.717) is 11.6 Å². The highest BCUT2D eigenvalue weighted by molar-refractivity contribution is 5.68. The summed E-state index contributed by atoms with van der Waals surface area (Å²) in [7, 11) is 3.60. The second-order valence-electron chi connectivity index (χ2n) is 5.14. The van der Waals surface area contributed by atoms with Crippen LogP contribution in [0.3, 0.4) is 0 Å². The van der Waals surface area contributed by atoms with Gasteiger partial charge in [0.25, 0.3) is 0 Å². The van der Waals surface area contributed by atoms with Gasteiger partial charge in [-0.3, -0.25) is 0 Å². The van der Waals surface area contributed by atoms with Gasteiger partial charge in [0.15, 0.2) is 5.69 Å². The van der Waals surface area contributed by atoms with Gasteiger partial charge >= 0.3 is 0 Å². The summed E-state index contributed by atoms with van der Waals surface area (Å²) in [6.07, 6.45) is 0. The van der Waals surface area contributed by atoms with Gasteiger partial charge in [0.2, 0.25) is 0 Å². The van der Waals surface area contributed by atoms with E-state index in [0.717, 1.165) is 28.4 Å². The molecule has 1 heterocycles. The zero-order valence-corrected chi connectivity index (χ0v) is 12.6. The van der Waals surface area contributed by atoms with Crippen LogP contribution in [0, 0.1) is 18.3 Å². The molecule has 0 aliphatic rings. The van der Waals surface area contributed by atoms with Crippen molar-refractivity contribution in [3.8, 4) is 23.1 Å². The second-order valence-corrected chi connectivity index (χ2v) is 5.14. The molecular weight excluding hydrogens is 250 g/mol. The van der Waals surface area contributed by atoms with Crippen molar-refractivity contribution >= 4 is 0 Å². The highest BCUT2D eigenvalue weighted by atomic mass is 16.5. The van der Waals surface area contributed by atoms with Crippen molar-refractivity contribution in [3.05, 3.63) is 35.3 Å². The molecule has 0 unspecified atom stereocenters. The Balaban J connectivity index is 2.66. The molecule has 0 amide bonds. The number of nitriles is 1. The highest BCUT2D eigenvalue weighted by Gasteiger charge is 2.16. The Morgan fingerprint density at radius 2 is 2.05 bits per heavy atom. The summed E-state index contributed by atoms with van der Waals surface area (Å²) < 4.78 is 7.35. The Morgan fingerprint density at radius 1 is 1.35 bits per heavy atom. The van der Waals surface area contributed by atoms with Crippen LogP contribution < -0.4 is 4.74 Å². The molecule has 0 saturated heterocycles. The number of imidazole rings is 1. The topological polar surface area (TPSA) is 50.8 Å². The van der Waals surface area contributed by atoms with Crippen LogP contribution in [0.1, 0.15) is 36.8 Å². The summed E-state index contributed by atoms with van der Waals surface area (Å²) in [5.74, 6) is 2.06. The molecule has 0 aliphatic heterocycles. The third kappa shape index (κ3) is 2.27. The molecule has 0 spiro atoms. The van der Waals surface area contributed by atoms with E-state index in [-0.39, 0.29) is 0 Å².